The minimum atomic E-state index is -0.287. The Morgan fingerprint density at radius 1 is 0.586 bits per heavy atom. The predicted octanol–water partition coefficient (Wildman–Crippen LogP) is 7.20. The maximum absolute atomic E-state index is 12.9. The molecular formula is C25H47NO3. The number of rotatable bonds is 18. The van der Waals surface area contributed by atoms with Gasteiger partial charge in [0.1, 0.15) is 0 Å². The number of nitrogens with zero attached hydrogens (tertiary/aromatic N) is 1. The molecule has 0 aromatic heterocycles. The highest BCUT2D eigenvalue weighted by Crippen LogP contribution is 2.17. The van der Waals surface area contributed by atoms with Gasteiger partial charge in [0.25, 0.3) is 0 Å². The molecule has 0 aliphatic carbocycles. The van der Waals surface area contributed by atoms with E-state index in [-0.39, 0.29) is 23.6 Å². The zero-order chi connectivity index (χ0) is 21.9. The molecule has 170 valence electrons. The monoisotopic (exact) mass is 409 g/mol. The number of amides is 3. The molecule has 4 heteroatoms. The van der Waals surface area contributed by atoms with Crippen molar-refractivity contribution in [3.63, 3.8) is 0 Å². The number of carbonyl (C=O) groups excluding carboxylic acids is 3. The summed E-state index contributed by atoms with van der Waals surface area (Å²) in [5, 5.41) is 0. The molecule has 0 spiro atoms. The van der Waals surface area contributed by atoms with Gasteiger partial charge in [-0.15, -0.1) is 0 Å². The average Bonchev–Trinajstić information content (AvgIpc) is 2.70. The lowest BCUT2D eigenvalue weighted by molar-refractivity contribution is -0.156. The normalized spacial score (nSPS) is 12.0. The third-order valence-corrected chi connectivity index (χ3v) is 5.62. The summed E-state index contributed by atoms with van der Waals surface area (Å²) in [5.74, 6) is -1.12. The van der Waals surface area contributed by atoms with Crippen LogP contribution in [0.2, 0.25) is 0 Å². The van der Waals surface area contributed by atoms with Gasteiger partial charge in [-0.1, -0.05) is 105 Å². The summed E-state index contributed by atoms with van der Waals surface area (Å²) in [5.41, 5.74) is 0. The maximum Gasteiger partial charge on any atom is 0.238 e. The van der Waals surface area contributed by atoms with Gasteiger partial charge >= 0.3 is 0 Å². The molecule has 0 bridgehead atoms. The molecule has 0 radical (unpaired) electrons. The first-order valence-corrected chi connectivity index (χ1v) is 12.4. The minimum absolute atomic E-state index is 0.264. The Labute approximate surface area is 180 Å². The molecule has 3 amide bonds. The van der Waals surface area contributed by atoms with Crippen LogP contribution in [0.1, 0.15) is 137 Å². The second-order valence-electron chi connectivity index (χ2n) is 8.54. The first kappa shape index (κ1) is 27.8. The van der Waals surface area contributed by atoms with Crippen LogP contribution >= 0.6 is 0 Å². The lowest BCUT2D eigenvalue weighted by Gasteiger charge is -2.23. The molecule has 0 fully saturated rings. The van der Waals surface area contributed by atoms with Gasteiger partial charge in [-0.2, -0.15) is 0 Å². The van der Waals surface area contributed by atoms with Crippen molar-refractivity contribution in [3.8, 4) is 0 Å². The van der Waals surface area contributed by atoms with E-state index in [2.05, 4.69) is 20.8 Å². The highest BCUT2D eigenvalue weighted by molar-refractivity contribution is 6.11. The summed E-state index contributed by atoms with van der Waals surface area (Å²) in [6.45, 7) is 8.35. The fraction of sp³-hybridized carbons (Fsp3) is 0.880. The molecule has 0 aromatic rings. The van der Waals surface area contributed by atoms with Crippen LogP contribution in [-0.2, 0) is 14.4 Å². The number of hydrogen-bond donors (Lipinski definition) is 0. The van der Waals surface area contributed by atoms with E-state index in [1.807, 2.05) is 6.92 Å². The summed E-state index contributed by atoms with van der Waals surface area (Å²) in [6, 6.07) is 0. The van der Waals surface area contributed by atoms with Crippen LogP contribution in [-0.4, -0.2) is 22.6 Å². The van der Waals surface area contributed by atoms with Crippen molar-refractivity contribution >= 4 is 17.7 Å². The van der Waals surface area contributed by atoms with E-state index in [4.69, 9.17) is 0 Å². The minimum Gasteiger partial charge on any atom is -0.274 e. The SMILES string of the molecule is CCCCCCCC(=O)N(C(=O)CCCCCCC)C(=O)C(C)CCCCCC. The van der Waals surface area contributed by atoms with Crippen LogP contribution in [0.5, 0.6) is 0 Å². The van der Waals surface area contributed by atoms with Crippen LogP contribution in [0.25, 0.3) is 0 Å². The van der Waals surface area contributed by atoms with Crippen LogP contribution in [0.3, 0.4) is 0 Å². The Hall–Kier alpha value is -1.19. The fourth-order valence-corrected chi connectivity index (χ4v) is 3.59. The first-order chi connectivity index (χ1) is 14.0. The van der Waals surface area contributed by atoms with Gasteiger partial charge in [0, 0.05) is 18.8 Å². The molecule has 0 aromatic carbocycles. The zero-order valence-corrected chi connectivity index (χ0v) is 19.8. The Morgan fingerprint density at radius 2 is 0.966 bits per heavy atom. The molecule has 0 saturated carbocycles. The molecule has 0 heterocycles. The molecule has 0 aliphatic heterocycles. The summed E-state index contributed by atoms with van der Waals surface area (Å²) in [4.78, 5) is 39.5. The summed E-state index contributed by atoms with van der Waals surface area (Å²) < 4.78 is 0. The largest absolute Gasteiger partial charge is 0.274 e. The highest BCUT2D eigenvalue weighted by atomic mass is 16.2. The van der Waals surface area contributed by atoms with E-state index >= 15 is 0 Å². The number of unbranched alkanes of at least 4 members (excludes halogenated alkanes) is 11. The van der Waals surface area contributed by atoms with Gasteiger partial charge in [-0.3, -0.25) is 14.4 Å². The summed E-state index contributed by atoms with van der Waals surface area (Å²) in [6.07, 6.45) is 16.1. The Kier molecular flexibility index (Phi) is 18.0. The van der Waals surface area contributed by atoms with Crippen molar-refractivity contribution in [1.82, 2.24) is 4.90 Å². The van der Waals surface area contributed by atoms with Crippen molar-refractivity contribution in [3.05, 3.63) is 0 Å². The van der Waals surface area contributed by atoms with Crippen molar-refractivity contribution < 1.29 is 14.4 Å². The predicted molar refractivity (Wildman–Crippen MR) is 122 cm³/mol. The quantitative estimate of drug-likeness (QED) is 0.225. The molecule has 1 unspecified atom stereocenters. The van der Waals surface area contributed by atoms with Gasteiger partial charge in [0.2, 0.25) is 17.7 Å². The average molecular weight is 410 g/mol. The van der Waals surface area contributed by atoms with Crippen LogP contribution in [0.4, 0.5) is 0 Å². The van der Waals surface area contributed by atoms with Crippen LogP contribution in [0, 0.1) is 5.92 Å². The molecule has 0 rings (SSSR count). The molecule has 0 aliphatic rings. The van der Waals surface area contributed by atoms with Crippen LogP contribution in [0.15, 0.2) is 0 Å². The molecule has 29 heavy (non-hydrogen) atoms. The number of carbonyl (C=O) groups is 3. The third-order valence-electron chi connectivity index (χ3n) is 5.62. The van der Waals surface area contributed by atoms with Gasteiger partial charge in [-0.25, -0.2) is 4.90 Å². The van der Waals surface area contributed by atoms with Gasteiger partial charge < -0.3 is 0 Å². The Morgan fingerprint density at radius 3 is 1.38 bits per heavy atom. The van der Waals surface area contributed by atoms with Crippen molar-refractivity contribution in [2.45, 2.75) is 137 Å². The second-order valence-corrected chi connectivity index (χ2v) is 8.54. The van der Waals surface area contributed by atoms with E-state index in [0.29, 0.717) is 12.8 Å². The van der Waals surface area contributed by atoms with E-state index in [0.717, 1.165) is 88.4 Å². The molecule has 0 N–H and O–H groups in total. The standard InChI is InChI=1S/C25H47NO3/c1-5-8-11-14-17-20-23(27)26(24(28)21-18-15-12-9-6-2)25(29)22(4)19-16-13-10-7-3/h22H,5-21H2,1-4H3. The first-order valence-electron chi connectivity index (χ1n) is 12.4. The Bertz CT molecular complexity index is 421. The van der Waals surface area contributed by atoms with Crippen LogP contribution < -0.4 is 0 Å². The smallest absolute Gasteiger partial charge is 0.238 e. The highest BCUT2D eigenvalue weighted by Gasteiger charge is 2.30. The topological polar surface area (TPSA) is 54.5 Å². The molecule has 4 nitrogen and oxygen atoms in total. The van der Waals surface area contributed by atoms with E-state index in [1.165, 1.54) is 12.8 Å². The van der Waals surface area contributed by atoms with Crippen molar-refractivity contribution in [2.75, 3.05) is 0 Å². The lowest BCUT2D eigenvalue weighted by atomic mass is 10.00. The molecule has 0 saturated heterocycles. The summed E-state index contributed by atoms with van der Waals surface area (Å²) >= 11 is 0. The fourth-order valence-electron chi connectivity index (χ4n) is 3.59. The third kappa shape index (κ3) is 13.6. The van der Waals surface area contributed by atoms with Crippen molar-refractivity contribution in [1.29, 1.82) is 0 Å². The van der Waals surface area contributed by atoms with E-state index in [9.17, 15) is 14.4 Å². The van der Waals surface area contributed by atoms with Gasteiger partial charge in [0.05, 0.1) is 0 Å². The van der Waals surface area contributed by atoms with Crippen molar-refractivity contribution in [2.24, 2.45) is 5.92 Å². The number of hydrogen-bond acceptors (Lipinski definition) is 3. The number of imide groups is 3. The summed E-state index contributed by atoms with van der Waals surface area (Å²) in [7, 11) is 0. The maximum atomic E-state index is 12.9. The zero-order valence-electron chi connectivity index (χ0n) is 19.8. The van der Waals surface area contributed by atoms with E-state index < -0.39 is 0 Å². The van der Waals surface area contributed by atoms with Gasteiger partial charge in [0.15, 0.2) is 0 Å². The van der Waals surface area contributed by atoms with E-state index in [1.54, 1.807) is 0 Å². The molecule has 1 atom stereocenters. The lowest BCUT2D eigenvalue weighted by Crippen LogP contribution is -2.44. The Balaban J connectivity index is 4.76. The second kappa shape index (κ2) is 18.8. The van der Waals surface area contributed by atoms with Gasteiger partial charge in [-0.05, 0) is 19.3 Å². The molecular weight excluding hydrogens is 362 g/mol.